The molecule has 1 aliphatic rings. The fraction of sp³-hybridized carbons (Fsp3) is 0.0244. The van der Waals surface area contributed by atoms with Gasteiger partial charge in [0.2, 0.25) is 0 Å². The molecule has 0 saturated heterocycles. The zero-order valence-electron chi connectivity index (χ0n) is 22.6. The Bertz CT molecular complexity index is 2280. The Morgan fingerprint density at radius 3 is 1.51 bits per heavy atom. The first-order chi connectivity index (χ1) is 20.3. The van der Waals surface area contributed by atoms with Crippen LogP contribution in [-0.4, -0.2) is 0 Å². The lowest BCUT2D eigenvalue weighted by atomic mass is 9.85. The molecule has 0 spiro atoms. The van der Waals surface area contributed by atoms with Crippen LogP contribution in [-0.2, 0) is 6.42 Å². The molecule has 0 heterocycles. The summed E-state index contributed by atoms with van der Waals surface area (Å²) in [6, 6.07) is 54.0. The summed E-state index contributed by atoms with van der Waals surface area (Å²) in [5.74, 6) is 0. The summed E-state index contributed by atoms with van der Waals surface area (Å²) >= 11 is 0. The summed E-state index contributed by atoms with van der Waals surface area (Å²) in [4.78, 5) is 0. The van der Waals surface area contributed by atoms with E-state index in [0.29, 0.717) is 0 Å². The lowest BCUT2D eigenvalue weighted by Gasteiger charge is -2.18. The van der Waals surface area contributed by atoms with Crippen LogP contribution in [0.5, 0.6) is 0 Å². The molecule has 0 nitrogen and oxygen atoms in total. The van der Waals surface area contributed by atoms with Crippen molar-refractivity contribution in [2.45, 2.75) is 6.42 Å². The highest BCUT2D eigenvalue weighted by atomic mass is 14.3. The van der Waals surface area contributed by atoms with E-state index in [1.54, 1.807) is 0 Å². The van der Waals surface area contributed by atoms with Gasteiger partial charge in [-0.15, -0.1) is 0 Å². The Morgan fingerprint density at radius 2 is 0.829 bits per heavy atom. The Hall–Kier alpha value is -5.20. The molecule has 9 rings (SSSR count). The van der Waals surface area contributed by atoms with Crippen LogP contribution in [0.3, 0.4) is 0 Å². The third-order valence-electron chi connectivity index (χ3n) is 9.03. The van der Waals surface area contributed by atoms with Crippen LogP contribution in [0.2, 0.25) is 0 Å². The molecular weight excluding hydrogens is 492 g/mol. The van der Waals surface area contributed by atoms with Crippen molar-refractivity contribution in [3.05, 3.63) is 157 Å². The van der Waals surface area contributed by atoms with Crippen LogP contribution >= 0.6 is 0 Å². The van der Waals surface area contributed by atoms with Gasteiger partial charge in [0.05, 0.1) is 0 Å². The van der Waals surface area contributed by atoms with Gasteiger partial charge in [-0.1, -0.05) is 140 Å². The summed E-state index contributed by atoms with van der Waals surface area (Å²) in [7, 11) is 0. The molecular formula is C41H26. The maximum atomic E-state index is 2.45. The van der Waals surface area contributed by atoms with Crippen molar-refractivity contribution in [1.29, 1.82) is 0 Å². The van der Waals surface area contributed by atoms with E-state index in [9.17, 15) is 0 Å². The standard InChI is InChI=1S/C41H26/c1-2-11-28-23-29(19-17-26(28)9-1)40-35-13-5-7-15-37(35)41(38-16-8-6-14-36(38)40)31-21-22-34-32(25-31)24-30-20-18-27-10-3-4-12-33(27)39(30)34/h1-23,25H,24H2. The molecule has 0 aromatic heterocycles. The van der Waals surface area contributed by atoms with Gasteiger partial charge >= 0.3 is 0 Å². The Kier molecular flexibility index (Phi) is 4.77. The van der Waals surface area contributed by atoms with Crippen molar-refractivity contribution in [2.24, 2.45) is 0 Å². The summed E-state index contributed by atoms with van der Waals surface area (Å²) in [6.45, 7) is 0. The summed E-state index contributed by atoms with van der Waals surface area (Å²) in [5, 5.41) is 10.4. The molecule has 0 saturated carbocycles. The number of fused-ring (bicyclic) bond motifs is 8. The molecule has 190 valence electrons. The second-order valence-corrected chi connectivity index (χ2v) is 11.3. The molecule has 8 aromatic rings. The van der Waals surface area contributed by atoms with Gasteiger partial charge in [0.1, 0.15) is 0 Å². The lowest BCUT2D eigenvalue weighted by Crippen LogP contribution is -1.92. The Labute approximate surface area is 239 Å². The van der Waals surface area contributed by atoms with Crippen molar-refractivity contribution in [3.63, 3.8) is 0 Å². The van der Waals surface area contributed by atoms with Crippen molar-refractivity contribution >= 4 is 43.1 Å². The van der Waals surface area contributed by atoms with Crippen LogP contribution in [0.25, 0.3) is 76.5 Å². The number of hydrogen-bond acceptors (Lipinski definition) is 0. The second-order valence-electron chi connectivity index (χ2n) is 11.3. The summed E-state index contributed by atoms with van der Waals surface area (Å²) < 4.78 is 0. The highest BCUT2D eigenvalue weighted by Gasteiger charge is 2.23. The third kappa shape index (κ3) is 3.34. The van der Waals surface area contributed by atoms with E-state index in [-0.39, 0.29) is 0 Å². The quantitative estimate of drug-likeness (QED) is 0.200. The molecule has 0 bridgehead atoms. The van der Waals surface area contributed by atoms with E-state index < -0.39 is 0 Å². The van der Waals surface area contributed by atoms with Crippen molar-refractivity contribution in [1.82, 2.24) is 0 Å². The molecule has 0 unspecified atom stereocenters. The van der Waals surface area contributed by atoms with Crippen molar-refractivity contribution in [3.8, 4) is 33.4 Å². The smallest absolute Gasteiger partial charge is 0.00130 e. The molecule has 0 fully saturated rings. The fourth-order valence-corrected chi connectivity index (χ4v) is 7.22. The van der Waals surface area contributed by atoms with Gasteiger partial charge in [0.25, 0.3) is 0 Å². The first-order valence-corrected chi connectivity index (χ1v) is 14.4. The number of benzene rings is 8. The zero-order chi connectivity index (χ0) is 26.9. The van der Waals surface area contributed by atoms with Crippen molar-refractivity contribution < 1.29 is 0 Å². The predicted molar refractivity (Wildman–Crippen MR) is 176 cm³/mol. The van der Waals surface area contributed by atoms with Gasteiger partial charge in [-0.3, -0.25) is 0 Å². The van der Waals surface area contributed by atoms with E-state index in [1.165, 1.54) is 87.6 Å². The summed E-state index contributed by atoms with van der Waals surface area (Å²) in [6.07, 6.45) is 0.981. The molecule has 0 amide bonds. The van der Waals surface area contributed by atoms with Gasteiger partial charge in [-0.25, -0.2) is 0 Å². The van der Waals surface area contributed by atoms with E-state index in [1.807, 2.05) is 0 Å². The van der Waals surface area contributed by atoms with Gasteiger partial charge in [-0.05, 0) is 100 Å². The topological polar surface area (TPSA) is 0 Å². The van der Waals surface area contributed by atoms with E-state index in [2.05, 4.69) is 146 Å². The zero-order valence-corrected chi connectivity index (χ0v) is 22.6. The molecule has 41 heavy (non-hydrogen) atoms. The normalized spacial score (nSPS) is 12.3. The molecule has 0 radical (unpaired) electrons. The Balaban J connectivity index is 1.31. The SMILES string of the molecule is c1ccc2cc(-c3c4ccccc4c(-c4ccc5c(c4)Cc4ccc6ccccc6c4-5)c4ccccc34)ccc2c1. The summed E-state index contributed by atoms with van der Waals surface area (Å²) in [5.41, 5.74) is 10.8. The minimum Gasteiger partial charge on any atom is -0.0616 e. The highest BCUT2D eigenvalue weighted by Crippen LogP contribution is 2.47. The van der Waals surface area contributed by atoms with Gasteiger partial charge in [0, 0.05) is 0 Å². The largest absolute Gasteiger partial charge is 0.0616 e. The third-order valence-corrected chi connectivity index (χ3v) is 9.03. The van der Waals surface area contributed by atoms with Crippen molar-refractivity contribution in [2.75, 3.05) is 0 Å². The van der Waals surface area contributed by atoms with Crippen LogP contribution in [0.15, 0.2) is 146 Å². The monoisotopic (exact) mass is 518 g/mol. The first-order valence-electron chi connectivity index (χ1n) is 14.4. The lowest BCUT2D eigenvalue weighted by molar-refractivity contribution is 1.27. The molecule has 0 atom stereocenters. The average molecular weight is 519 g/mol. The number of hydrogen-bond donors (Lipinski definition) is 0. The Morgan fingerprint density at radius 1 is 0.317 bits per heavy atom. The maximum absolute atomic E-state index is 2.45. The average Bonchev–Trinajstić information content (AvgIpc) is 3.42. The maximum Gasteiger partial charge on any atom is -0.00130 e. The minimum absolute atomic E-state index is 0.981. The van der Waals surface area contributed by atoms with Gasteiger partial charge in [-0.2, -0.15) is 0 Å². The second kappa shape index (κ2) is 8.65. The van der Waals surface area contributed by atoms with E-state index in [4.69, 9.17) is 0 Å². The van der Waals surface area contributed by atoms with Crippen LogP contribution < -0.4 is 0 Å². The van der Waals surface area contributed by atoms with E-state index >= 15 is 0 Å². The molecule has 0 N–H and O–H groups in total. The highest BCUT2D eigenvalue weighted by molar-refractivity contribution is 6.22. The number of rotatable bonds is 2. The van der Waals surface area contributed by atoms with Crippen LogP contribution in [0, 0.1) is 0 Å². The first kappa shape index (κ1) is 22.6. The molecule has 1 aliphatic carbocycles. The van der Waals surface area contributed by atoms with E-state index in [0.717, 1.165) is 6.42 Å². The fourth-order valence-electron chi connectivity index (χ4n) is 7.22. The van der Waals surface area contributed by atoms with Gasteiger partial charge in [0.15, 0.2) is 0 Å². The van der Waals surface area contributed by atoms with Gasteiger partial charge < -0.3 is 0 Å². The minimum atomic E-state index is 0.981. The molecule has 0 heteroatoms. The van der Waals surface area contributed by atoms with Crippen LogP contribution in [0.1, 0.15) is 11.1 Å². The van der Waals surface area contributed by atoms with Crippen LogP contribution in [0.4, 0.5) is 0 Å². The molecule has 8 aromatic carbocycles. The predicted octanol–water partition coefficient (Wildman–Crippen LogP) is 11.2. The molecule has 0 aliphatic heterocycles.